The fourth-order valence-corrected chi connectivity index (χ4v) is 2.18. The van der Waals surface area contributed by atoms with E-state index in [1.807, 2.05) is 24.5 Å². The summed E-state index contributed by atoms with van der Waals surface area (Å²) in [7, 11) is 0. The van der Waals surface area contributed by atoms with Gasteiger partial charge in [0, 0.05) is 11.1 Å². The van der Waals surface area contributed by atoms with Gasteiger partial charge in [-0.3, -0.25) is 10.2 Å². The summed E-state index contributed by atoms with van der Waals surface area (Å²) in [5.41, 5.74) is 3.28. The summed E-state index contributed by atoms with van der Waals surface area (Å²) in [6.07, 6.45) is 0. The van der Waals surface area contributed by atoms with E-state index < -0.39 is 5.91 Å². The number of carbonyl (C=O) groups is 1. The minimum atomic E-state index is -0.466. The van der Waals surface area contributed by atoms with Crippen molar-refractivity contribution in [3.63, 3.8) is 0 Å². The molecule has 2 rings (SSSR count). The van der Waals surface area contributed by atoms with Crippen molar-refractivity contribution < 1.29 is 9.53 Å². The van der Waals surface area contributed by atoms with Crippen molar-refractivity contribution in [2.45, 2.75) is 6.92 Å². The summed E-state index contributed by atoms with van der Waals surface area (Å²) >= 11 is 12.2. The van der Waals surface area contributed by atoms with Crippen LogP contribution in [0.15, 0.2) is 18.2 Å². The Morgan fingerprint density at radius 3 is 2.84 bits per heavy atom. The van der Waals surface area contributed by atoms with Gasteiger partial charge in [0.05, 0.1) is 10.0 Å². The quantitative estimate of drug-likeness (QED) is 0.517. The zero-order valence-corrected chi connectivity index (χ0v) is 11.5. The number of aryl methyl sites for hydroxylation is 1. The van der Waals surface area contributed by atoms with Crippen LogP contribution < -0.4 is 16.0 Å². The van der Waals surface area contributed by atoms with Crippen LogP contribution in [0.2, 0.25) is 10.0 Å². The Labute approximate surface area is 119 Å². The number of hydrogen-bond acceptors (Lipinski definition) is 4. The van der Waals surface area contributed by atoms with Crippen molar-refractivity contribution in [3.05, 3.63) is 33.9 Å². The second kappa shape index (κ2) is 5.61. The van der Waals surface area contributed by atoms with Crippen LogP contribution in [0.4, 0.5) is 0 Å². The molecule has 0 fully saturated rings. The number of fused-ring (bicyclic) bond motifs is 1. The van der Waals surface area contributed by atoms with Crippen LogP contribution in [0.5, 0.6) is 5.75 Å². The summed E-state index contributed by atoms with van der Waals surface area (Å²) in [4.78, 5) is 15.5. The summed E-state index contributed by atoms with van der Waals surface area (Å²) in [5.74, 6) is 4.83. The van der Waals surface area contributed by atoms with E-state index in [0.29, 0.717) is 26.7 Å². The predicted molar refractivity (Wildman–Crippen MR) is 74.3 cm³/mol. The highest BCUT2D eigenvalue weighted by atomic mass is 35.5. The maximum Gasteiger partial charge on any atom is 0.271 e. The van der Waals surface area contributed by atoms with Crippen molar-refractivity contribution in [3.8, 4) is 5.75 Å². The summed E-state index contributed by atoms with van der Waals surface area (Å²) in [6.45, 7) is 1.59. The van der Waals surface area contributed by atoms with Crippen LogP contribution in [-0.4, -0.2) is 17.5 Å². The number of ether oxygens (including phenoxy) is 1. The van der Waals surface area contributed by atoms with Gasteiger partial charge in [0.1, 0.15) is 5.52 Å². The number of hydrazine groups is 1. The van der Waals surface area contributed by atoms with Gasteiger partial charge in [0.2, 0.25) is 0 Å². The molecule has 0 unspecified atom stereocenters. The number of rotatable bonds is 3. The van der Waals surface area contributed by atoms with Crippen LogP contribution in [0.3, 0.4) is 0 Å². The van der Waals surface area contributed by atoms with Crippen LogP contribution in [0.25, 0.3) is 10.9 Å². The third-order valence-corrected chi connectivity index (χ3v) is 3.08. The molecule has 7 heteroatoms. The van der Waals surface area contributed by atoms with Crippen molar-refractivity contribution in [1.29, 1.82) is 0 Å². The number of nitrogens with one attached hydrogen (secondary N) is 1. The molecule has 1 amide bonds. The van der Waals surface area contributed by atoms with Crippen LogP contribution >= 0.6 is 23.2 Å². The van der Waals surface area contributed by atoms with Crippen molar-refractivity contribution >= 4 is 40.0 Å². The van der Waals surface area contributed by atoms with E-state index in [0.717, 1.165) is 5.69 Å². The molecule has 0 bridgehead atoms. The maximum atomic E-state index is 11.1. The fraction of sp³-hybridized carbons (Fsp3) is 0.167. The molecule has 0 radical (unpaired) electrons. The number of aromatic nitrogens is 1. The first-order valence-corrected chi connectivity index (χ1v) is 6.16. The molecule has 19 heavy (non-hydrogen) atoms. The maximum absolute atomic E-state index is 11.1. The molecule has 0 atom stereocenters. The van der Waals surface area contributed by atoms with Crippen molar-refractivity contribution in [1.82, 2.24) is 10.4 Å². The molecule has 5 nitrogen and oxygen atoms in total. The molecule has 0 aliphatic rings. The zero-order chi connectivity index (χ0) is 14.0. The number of halogens is 2. The molecule has 3 N–H and O–H groups in total. The Morgan fingerprint density at radius 1 is 1.42 bits per heavy atom. The predicted octanol–water partition coefficient (Wildman–Crippen LogP) is 2.22. The lowest BCUT2D eigenvalue weighted by molar-refractivity contribution is -0.123. The Balaban J connectivity index is 2.52. The Morgan fingerprint density at radius 2 is 2.16 bits per heavy atom. The molecule has 0 spiro atoms. The molecule has 1 aromatic carbocycles. The van der Waals surface area contributed by atoms with Gasteiger partial charge in [-0.25, -0.2) is 10.8 Å². The molecule has 0 saturated carbocycles. The minimum absolute atomic E-state index is 0.247. The van der Waals surface area contributed by atoms with Gasteiger partial charge in [0.25, 0.3) is 5.91 Å². The smallest absolute Gasteiger partial charge is 0.271 e. The second-order valence-corrected chi connectivity index (χ2v) is 4.69. The Bertz CT molecular complexity index is 646. The van der Waals surface area contributed by atoms with Gasteiger partial charge >= 0.3 is 0 Å². The number of nitrogens with zero attached hydrogens (tertiary/aromatic N) is 1. The van der Waals surface area contributed by atoms with Gasteiger partial charge in [-0.05, 0) is 25.1 Å². The third kappa shape index (κ3) is 2.89. The molecule has 1 heterocycles. The number of hydrogen-bond donors (Lipinski definition) is 2. The average molecular weight is 300 g/mol. The molecule has 0 aliphatic heterocycles. The summed E-state index contributed by atoms with van der Waals surface area (Å²) in [6, 6.07) is 5.21. The van der Waals surface area contributed by atoms with Gasteiger partial charge in [-0.1, -0.05) is 23.2 Å². The SMILES string of the molecule is Cc1ccc2c(Cl)cc(Cl)c(OCC(=O)NN)c2n1. The van der Waals surface area contributed by atoms with E-state index in [4.69, 9.17) is 33.8 Å². The number of amides is 1. The van der Waals surface area contributed by atoms with Gasteiger partial charge in [-0.15, -0.1) is 0 Å². The first kappa shape index (κ1) is 13.9. The van der Waals surface area contributed by atoms with Gasteiger partial charge < -0.3 is 4.74 Å². The standard InChI is InChI=1S/C12H11Cl2N3O2/c1-6-2-3-7-8(13)4-9(14)12(11(7)16-6)19-5-10(18)17-15/h2-4H,5,15H2,1H3,(H,17,18). The lowest BCUT2D eigenvalue weighted by Gasteiger charge is -2.11. The number of pyridine rings is 1. The number of nitrogens with two attached hydrogens (primary N) is 1. The second-order valence-electron chi connectivity index (χ2n) is 3.87. The Hall–Kier alpha value is -1.56. The molecular weight excluding hydrogens is 289 g/mol. The largest absolute Gasteiger partial charge is 0.480 e. The molecule has 1 aromatic heterocycles. The number of benzene rings is 1. The highest BCUT2D eigenvalue weighted by molar-refractivity contribution is 6.39. The van der Waals surface area contributed by atoms with Gasteiger partial charge in [-0.2, -0.15) is 0 Å². The highest BCUT2D eigenvalue weighted by Crippen LogP contribution is 2.37. The molecular formula is C12H11Cl2N3O2. The summed E-state index contributed by atoms with van der Waals surface area (Å²) < 4.78 is 5.37. The summed E-state index contributed by atoms with van der Waals surface area (Å²) in [5, 5.41) is 1.48. The lowest BCUT2D eigenvalue weighted by atomic mass is 10.2. The fourth-order valence-electron chi connectivity index (χ4n) is 1.61. The average Bonchev–Trinajstić information content (AvgIpc) is 2.37. The van der Waals surface area contributed by atoms with E-state index in [-0.39, 0.29) is 6.61 Å². The minimum Gasteiger partial charge on any atom is -0.480 e. The van der Waals surface area contributed by atoms with Crippen LogP contribution in [0, 0.1) is 6.92 Å². The third-order valence-electron chi connectivity index (χ3n) is 2.49. The normalized spacial score (nSPS) is 10.5. The molecule has 0 saturated heterocycles. The molecule has 2 aromatic rings. The van der Waals surface area contributed by atoms with E-state index in [2.05, 4.69) is 4.98 Å². The van der Waals surface area contributed by atoms with Crippen LogP contribution in [-0.2, 0) is 4.79 Å². The molecule has 0 aliphatic carbocycles. The van der Waals surface area contributed by atoms with Crippen molar-refractivity contribution in [2.75, 3.05) is 6.61 Å². The van der Waals surface area contributed by atoms with E-state index in [9.17, 15) is 4.79 Å². The topological polar surface area (TPSA) is 77.2 Å². The molecule has 100 valence electrons. The zero-order valence-electron chi connectivity index (χ0n) is 10.0. The lowest BCUT2D eigenvalue weighted by Crippen LogP contribution is -2.34. The highest BCUT2D eigenvalue weighted by Gasteiger charge is 2.14. The van der Waals surface area contributed by atoms with E-state index in [1.54, 1.807) is 6.07 Å². The van der Waals surface area contributed by atoms with Crippen molar-refractivity contribution in [2.24, 2.45) is 5.84 Å². The Kier molecular flexibility index (Phi) is 4.09. The van der Waals surface area contributed by atoms with Gasteiger partial charge in [0.15, 0.2) is 12.4 Å². The van der Waals surface area contributed by atoms with E-state index in [1.165, 1.54) is 0 Å². The monoisotopic (exact) mass is 299 g/mol. The van der Waals surface area contributed by atoms with Crippen LogP contribution in [0.1, 0.15) is 5.69 Å². The first-order chi connectivity index (χ1) is 9.02. The number of carbonyl (C=O) groups excluding carboxylic acids is 1. The van der Waals surface area contributed by atoms with E-state index >= 15 is 0 Å². The first-order valence-electron chi connectivity index (χ1n) is 5.40.